The SMILES string of the molecule is CCCCc1ccc(C2CCC(/C=C/c3ccc(-c4ccc(CCC)cc4)c(F)c3F)CC2)c(F)c1. The molecule has 0 aliphatic heterocycles. The van der Waals surface area contributed by atoms with Crippen LogP contribution in [0.25, 0.3) is 17.2 Å². The zero-order valence-corrected chi connectivity index (χ0v) is 21.5. The van der Waals surface area contributed by atoms with Gasteiger partial charge in [0, 0.05) is 11.1 Å². The zero-order valence-electron chi connectivity index (χ0n) is 21.5. The van der Waals surface area contributed by atoms with E-state index in [1.165, 1.54) is 5.56 Å². The fourth-order valence-electron chi connectivity index (χ4n) is 5.36. The minimum absolute atomic E-state index is 0.0831. The Labute approximate surface area is 214 Å². The van der Waals surface area contributed by atoms with Crippen LogP contribution in [0.15, 0.2) is 60.7 Å². The standard InChI is InChI=1S/C33H37F3/c1-3-5-7-25-13-20-29(31(34)22-25)26-14-10-24(11-15-26)12-18-28-19-21-30(33(36)32(28)35)27-16-8-23(6-4-2)9-17-27/h8-9,12-13,16-22,24,26H,3-7,10-11,14-15H2,1-2H3/b18-12+. The fraction of sp³-hybridized carbons (Fsp3) is 0.394. The summed E-state index contributed by atoms with van der Waals surface area (Å²) in [4.78, 5) is 0. The molecule has 0 atom stereocenters. The van der Waals surface area contributed by atoms with Gasteiger partial charge in [-0.25, -0.2) is 13.2 Å². The highest BCUT2D eigenvalue weighted by molar-refractivity contribution is 5.67. The molecule has 1 fully saturated rings. The van der Waals surface area contributed by atoms with Gasteiger partial charge in [-0.1, -0.05) is 87.4 Å². The average molecular weight is 491 g/mol. The molecule has 0 aromatic heterocycles. The van der Waals surface area contributed by atoms with E-state index < -0.39 is 11.6 Å². The molecule has 1 aliphatic rings. The second-order valence-electron chi connectivity index (χ2n) is 10.2. The van der Waals surface area contributed by atoms with Crippen LogP contribution in [0.4, 0.5) is 13.2 Å². The zero-order chi connectivity index (χ0) is 25.5. The van der Waals surface area contributed by atoms with Crippen molar-refractivity contribution in [1.29, 1.82) is 0 Å². The molecule has 190 valence electrons. The van der Waals surface area contributed by atoms with Crippen molar-refractivity contribution >= 4 is 6.08 Å². The van der Waals surface area contributed by atoms with Gasteiger partial charge >= 0.3 is 0 Å². The third-order valence-electron chi connectivity index (χ3n) is 7.56. The molecular weight excluding hydrogens is 453 g/mol. The average Bonchev–Trinajstić information content (AvgIpc) is 2.90. The lowest BCUT2D eigenvalue weighted by atomic mass is 9.78. The van der Waals surface area contributed by atoms with Gasteiger partial charge in [0.2, 0.25) is 0 Å². The maximum absolute atomic E-state index is 14.9. The molecule has 0 spiro atoms. The van der Waals surface area contributed by atoms with Gasteiger partial charge in [-0.2, -0.15) is 0 Å². The Balaban J connectivity index is 1.38. The maximum Gasteiger partial charge on any atom is 0.167 e. The van der Waals surface area contributed by atoms with Gasteiger partial charge in [0.1, 0.15) is 5.82 Å². The molecular formula is C33H37F3. The second-order valence-corrected chi connectivity index (χ2v) is 10.2. The summed E-state index contributed by atoms with van der Waals surface area (Å²) in [5.41, 5.74) is 4.34. The highest BCUT2D eigenvalue weighted by Crippen LogP contribution is 2.38. The van der Waals surface area contributed by atoms with Crippen LogP contribution in [0.1, 0.15) is 87.0 Å². The lowest BCUT2D eigenvalue weighted by molar-refractivity contribution is 0.369. The van der Waals surface area contributed by atoms with E-state index in [-0.39, 0.29) is 22.9 Å². The maximum atomic E-state index is 14.9. The number of benzene rings is 3. The van der Waals surface area contributed by atoms with E-state index in [4.69, 9.17) is 0 Å². The quantitative estimate of drug-likeness (QED) is 0.280. The van der Waals surface area contributed by atoms with Crippen molar-refractivity contribution in [2.45, 2.75) is 77.6 Å². The number of allylic oxidation sites excluding steroid dienone is 1. The molecule has 0 heterocycles. The van der Waals surface area contributed by atoms with Crippen molar-refractivity contribution in [3.8, 4) is 11.1 Å². The first-order valence-corrected chi connectivity index (χ1v) is 13.5. The van der Waals surface area contributed by atoms with E-state index in [2.05, 4.69) is 19.9 Å². The summed E-state index contributed by atoms with van der Waals surface area (Å²) in [6.07, 6.45) is 12.5. The largest absolute Gasteiger partial charge is 0.207 e. The third kappa shape index (κ3) is 6.30. The number of rotatable bonds is 9. The van der Waals surface area contributed by atoms with Gasteiger partial charge < -0.3 is 0 Å². The summed E-state index contributed by atoms with van der Waals surface area (Å²) >= 11 is 0. The van der Waals surface area contributed by atoms with Crippen LogP contribution in [-0.4, -0.2) is 0 Å². The van der Waals surface area contributed by atoms with E-state index >= 15 is 0 Å². The summed E-state index contributed by atoms with van der Waals surface area (Å²) in [6.45, 7) is 4.26. The Morgan fingerprint density at radius 2 is 1.47 bits per heavy atom. The Bertz CT molecular complexity index is 1170. The molecule has 1 aliphatic carbocycles. The Morgan fingerprint density at radius 3 is 2.14 bits per heavy atom. The molecule has 4 rings (SSSR count). The van der Waals surface area contributed by atoms with Gasteiger partial charge in [-0.3, -0.25) is 0 Å². The topological polar surface area (TPSA) is 0 Å². The molecule has 0 N–H and O–H groups in total. The molecule has 0 saturated heterocycles. The molecule has 0 bridgehead atoms. The van der Waals surface area contributed by atoms with Crippen molar-refractivity contribution in [2.75, 3.05) is 0 Å². The predicted molar refractivity (Wildman–Crippen MR) is 145 cm³/mol. The molecule has 36 heavy (non-hydrogen) atoms. The molecule has 3 aromatic carbocycles. The van der Waals surface area contributed by atoms with Crippen molar-refractivity contribution in [2.24, 2.45) is 5.92 Å². The van der Waals surface area contributed by atoms with Gasteiger partial charge in [-0.15, -0.1) is 0 Å². The lowest BCUT2D eigenvalue weighted by Crippen LogP contribution is -2.13. The number of unbranched alkanes of at least 4 members (excludes halogenated alkanes) is 1. The minimum atomic E-state index is -0.805. The van der Waals surface area contributed by atoms with E-state index in [0.717, 1.165) is 68.9 Å². The van der Waals surface area contributed by atoms with Crippen molar-refractivity contribution < 1.29 is 13.2 Å². The van der Waals surface area contributed by atoms with Gasteiger partial charge in [0.05, 0.1) is 0 Å². The van der Waals surface area contributed by atoms with Crippen LogP contribution in [-0.2, 0) is 12.8 Å². The highest BCUT2D eigenvalue weighted by atomic mass is 19.2. The number of hydrogen-bond donors (Lipinski definition) is 0. The van der Waals surface area contributed by atoms with E-state index in [1.54, 1.807) is 24.3 Å². The molecule has 1 saturated carbocycles. The first-order chi connectivity index (χ1) is 17.5. The van der Waals surface area contributed by atoms with Gasteiger partial charge in [0.15, 0.2) is 11.6 Å². The number of hydrogen-bond acceptors (Lipinski definition) is 0. The highest BCUT2D eigenvalue weighted by Gasteiger charge is 2.23. The first-order valence-electron chi connectivity index (χ1n) is 13.5. The molecule has 0 unspecified atom stereocenters. The summed E-state index contributed by atoms with van der Waals surface area (Å²) < 4.78 is 44.5. The first kappa shape index (κ1) is 26.3. The van der Waals surface area contributed by atoms with Gasteiger partial charge in [0.25, 0.3) is 0 Å². The molecule has 0 amide bonds. The van der Waals surface area contributed by atoms with Crippen molar-refractivity contribution in [3.05, 3.63) is 100 Å². The van der Waals surface area contributed by atoms with E-state index in [9.17, 15) is 13.2 Å². The molecule has 3 heteroatoms. The molecule has 0 nitrogen and oxygen atoms in total. The van der Waals surface area contributed by atoms with Crippen LogP contribution >= 0.6 is 0 Å². The smallest absolute Gasteiger partial charge is 0.167 e. The van der Waals surface area contributed by atoms with E-state index in [1.807, 2.05) is 36.4 Å². The van der Waals surface area contributed by atoms with Crippen LogP contribution < -0.4 is 0 Å². The second kappa shape index (κ2) is 12.4. The minimum Gasteiger partial charge on any atom is -0.207 e. The van der Waals surface area contributed by atoms with Crippen molar-refractivity contribution in [3.63, 3.8) is 0 Å². The summed E-state index contributed by atoms with van der Waals surface area (Å²) in [7, 11) is 0. The van der Waals surface area contributed by atoms with E-state index in [0.29, 0.717) is 11.5 Å². The normalized spacial score (nSPS) is 18.1. The van der Waals surface area contributed by atoms with Crippen LogP contribution in [0.3, 0.4) is 0 Å². The monoisotopic (exact) mass is 490 g/mol. The Kier molecular flexibility index (Phi) is 9.07. The fourth-order valence-corrected chi connectivity index (χ4v) is 5.36. The molecule has 3 aromatic rings. The Hall–Kier alpha value is -2.81. The summed E-state index contributed by atoms with van der Waals surface area (Å²) in [5, 5.41) is 0. The van der Waals surface area contributed by atoms with Crippen LogP contribution in [0.5, 0.6) is 0 Å². The number of halogens is 3. The Morgan fingerprint density at radius 1 is 0.750 bits per heavy atom. The van der Waals surface area contributed by atoms with Crippen LogP contribution in [0, 0.1) is 23.4 Å². The molecule has 0 radical (unpaired) electrons. The predicted octanol–water partition coefficient (Wildman–Crippen LogP) is 10.1. The van der Waals surface area contributed by atoms with Crippen molar-refractivity contribution in [1.82, 2.24) is 0 Å². The summed E-state index contributed by atoms with van der Waals surface area (Å²) in [5.74, 6) is -1.17. The van der Waals surface area contributed by atoms with Crippen LogP contribution in [0.2, 0.25) is 0 Å². The number of aryl methyl sites for hydroxylation is 2. The lowest BCUT2D eigenvalue weighted by Gasteiger charge is -2.27. The van der Waals surface area contributed by atoms with Gasteiger partial charge in [-0.05, 0) is 85.1 Å². The summed E-state index contributed by atoms with van der Waals surface area (Å²) in [6, 6.07) is 16.7. The third-order valence-corrected chi connectivity index (χ3v) is 7.56.